The molecule has 0 N–H and O–H groups in total. The number of hydrogen-bond donors (Lipinski definition) is 0. The molecule has 0 aromatic rings. The van der Waals surface area contributed by atoms with Crippen molar-refractivity contribution < 1.29 is 14.4 Å². The van der Waals surface area contributed by atoms with E-state index in [0.717, 1.165) is 18.8 Å². The summed E-state index contributed by atoms with van der Waals surface area (Å²) >= 11 is 0. The van der Waals surface area contributed by atoms with Crippen LogP contribution in [0.5, 0.6) is 0 Å². The Bertz CT molecular complexity index is 357. The molecule has 0 spiro atoms. The van der Waals surface area contributed by atoms with Crippen LogP contribution in [-0.2, 0) is 9.53 Å². The van der Waals surface area contributed by atoms with E-state index in [9.17, 15) is 10.0 Å². The first-order valence-corrected chi connectivity index (χ1v) is 10.2. The van der Waals surface area contributed by atoms with E-state index in [1.807, 2.05) is 0 Å². The number of carbonyl (C=O) groups is 1. The van der Waals surface area contributed by atoms with Crippen LogP contribution in [0.25, 0.3) is 0 Å². The largest absolute Gasteiger partial charge is 0.600 e. The highest BCUT2D eigenvalue weighted by atomic mass is 16.5. The lowest BCUT2D eigenvalue weighted by Gasteiger charge is -2.05. The maximum atomic E-state index is 11.5. The predicted octanol–water partition coefficient (Wildman–Crippen LogP) is 5.85. The van der Waals surface area contributed by atoms with Gasteiger partial charge in [-0.3, -0.25) is 0 Å². The van der Waals surface area contributed by atoms with Crippen LogP contribution in [0.15, 0.2) is 5.11 Å². The Kier molecular flexibility index (Phi) is 15.6. The van der Waals surface area contributed by atoms with Gasteiger partial charge in [-0.2, -0.15) is 0 Å². The molecule has 0 saturated heterocycles. The van der Waals surface area contributed by atoms with E-state index in [1.165, 1.54) is 71.3 Å². The van der Waals surface area contributed by atoms with Gasteiger partial charge in [0.15, 0.2) is 6.54 Å². The van der Waals surface area contributed by atoms with Crippen molar-refractivity contribution in [2.45, 2.75) is 104 Å². The Hall–Kier alpha value is -1.13. The number of methoxy groups -OCH3 is 1. The Balaban J connectivity index is 3.36. The minimum atomic E-state index is -0.715. The van der Waals surface area contributed by atoms with Crippen LogP contribution in [-0.4, -0.2) is 30.5 Å². The quantitative estimate of drug-likeness (QED) is 0.115. The molecule has 0 rings (SSSR count). The molecule has 1 atom stereocenters. The van der Waals surface area contributed by atoms with Gasteiger partial charge in [0.25, 0.3) is 0 Å². The van der Waals surface area contributed by atoms with Crippen LogP contribution < -0.4 is 0 Å². The second-order valence-corrected chi connectivity index (χ2v) is 7.46. The molecule has 0 fully saturated rings. The van der Waals surface area contributed by atoms with Gasteiger partial charge in [0.05, 0.1) is 7.11 Å². The fourth-order valence-corrected chi connectivity index (χ4v) is 2.86. The average Bonchev–Trinajstić information content (AvgIpc) is 2.57. The van der Waals surface area contributed by atoms with Crippen molar-refractivity contribution in [2.24, 2.45) is 11.0 Å². The summed E-state index contributed by atoms with van der Waals surface area (Å²) < 4.78 is 4.54. The number of hydroxylamine groups is 1. The molecule has 5 nitrogen and oxygen atoms in total. The smallest absolute Gasteiger partial charge is 0.336 e. The fourth-order valence-electron chi connectivity index (χ4n) is 2.86. The Morgan fingerprint density at radius 3 is 1.76 bits per heavy atom. The van der Waals surface area contributed by atoms with Crippen LogP contribution in [0.3, 0.4) is 0 Å². The normalized spacial score (nSPS) is 13.2. The van der Waals surface area contributed by atoms with Crippen molar-refractivity contribution in [3.05, 3.63) is 5.21 Å². The Morgan fingerprint density at radius 1 is 0.880 bits per heavy atom. The highest BCUT2D eigenvalue weighted by molar-refractivity contribution is 5.74. The lowest BCUT2D eigenvalue weighted by atomic mass is 10.0. The first-order chi connectivity index (χ1) is 12.0. The average molecular weight is 357 g/mol. The number of unbranched alkanes of at least 4 members (excludes halogenated alkanes) is 10. The van der Waals surface area contributed by atoms with E-state index in [0.29, 0.717) is 11.4 Å². The SMILES string of the molecule is COC(=O)C(C)N=[N+]([O-])CCCCCCCCCCCCCC(C)C. The summed E-state index contributed by atoms with van der Waals surface area (Å²) in [4.78, 5) is 11.8. The van der Waals surface area contributed by atoms with Crippen molar-refractivity contribution in [1.29, 1.82) is 0 Å². The number of carbonyl (C=O) groups excluding carboxylic acids is 1. The third-order valence-corrected chi connectivity index (χ3v) is 4.48. The molecule has 0 amide bonds. The van der Waals surface area contributed by atoms with Crippen molar-refractivity contribution in [3.8, 4) is 0 Å². The Labute approximate surface area is 154 Å². The highest BCUT2D eigenvalue weighted by Crippen LogP contribution is 2.13. The molecule has 1 unspecified atom stereocenters. The lowest BCUT2D eigenvalue weighted by Crippen LogP contribution is -2.19. The number of ether oxygens (including phenoxy) is 1. The number of nitrogens with zero attached hydrogens (tertiary/aromatic N) is 2. The van der Waals surface area contributed by atoms with Crippen molar-refractivity contribution in [2.75, 3.05) is 13.7 Å². The maximum absolute atomic E-state index is 11.5. The zero-order valence-electron chi connectivity index (χ0n) is 17.0. The number of esters is 1. The van der Waals surface area contributed by atoms with E-state index in [-0.39, 0.29) is 0 Å². The lowest BCUT2D eigenvalue weighted by molar-refractivity contribution is -0.532. The molecule has 0 aliphatic carbocycles. The van der Waals surface area contributed by atoms with Gasteiger partial charge in [-0.1, -0.05) is 82.9 Å². The maximum Gasteiger partial charge on any atom is 0.336 e. The summed E-state index contributed by atoms with van der Waals surface area (Å²) in [5.74, 6) is 0.374. The van der Waals surface area contributed by atoms with Gasteiger partial charge in [-0.05, 0) is 24.4 Å². The first-order valence-electron chi connectivity index (χ1n) is 10.2. The van der Waals surface area contributed by atoms with E-state index in [2.05, 4.69) is 23.7 Å². The van der Waals surface area contributed by atoms with Crippen LogP contribution in [0.1, 0.15) is 97.8 Å². The fraction of sp³-hybridized carbons (Fsp3) is 0.950. The monoisotopic (exact) mass is 356 g/mol. The minimum Gasteiger partial charge on any atom is -0.600 e. The Morgan fingerprint density at radius 2 is 1.32 bits per heavy atom. The first kappa shape index (κ1) is 23.9. The summed E-state index contributed by atoms with van der Waals surface area (Å²) in [6, 6.07) is -0.715. The molecule has 0 heterocycles. The van der Waals surface area contributed by atoms with Gasteiger partial charge < -0.3 is 9.94 Å². The standard InChI is InChI=1S/C20H40N2O3/c1-18(2)16-14-12-10-8-6-5-7-9-11-13-15-17-22(24)21-19(3)20(23)25-4/h18-19H,5-17H2,1-4H3. The number of azo groups is 1. The number of hydrogen-bond acceptors (Lipinski definition) is 4. The van der Waals surface area contributed by atoms with Gasteiger partial charge in [-0.25, -0.2) is 4.79 Å². The van der Waals surface area contributed by atoms with Crippen LogP contribution in [0.4, 0.5) is 0 Å². The minimum absolute atomic E-state index is 0.359. The molecule has 25 heavy (non-hydrogen) atoms. The molecule has 0 aromatic carbocycles. The summed E-state index contributed by atoms with van der Waals surface area (Å²) in [5, 5.41) is 15.3. The molecule has 0 bridgehead atoms. The highest BCUT2D eigenvalue weighted by Gasteiger charge is 2.15. The third kappa shape index (κ3) is 16.1. The zero-order valence-corrected chi connectivity index (χ0v) is 17.0. The van der Waals surface area contributed by atoms with Gasteiger partial charge in [0.1, 0.15) is 0 Å². The van der Waals surface area contributed by atoms with Gasteiger partial charge in [-0.15, -0.1) is 0 Å². The topological polar surface area (TPSA) is 64.7 Å². The van der Waals surface area contributed by atoms with E-state index in [1.54, 1.807) is 6.92 Å². The molecule has 0 aliphatic heterocycles. The zero-order chi connectivity index (χ0) is 18.9. The van der Waals surface area contributed by atoms with Crippen molar-refractivity contribution in [1.82, 2.24) is 0 Å². The predicted molar refractivity (Wildman–Crippen MR) is 103 cm³/mol. The van der Waals surface area contributed by atoms with E-state index < -0.39 is 12.0 Å². The molecule has 0 radical (unpaired) electrons. The van der Waals surface area contributed by atoms with Crippen molar-refractivity contribution in [3.63, 3.8) is 0 Å². The van der Waals surface area contributed by atoms with Crippen molar-refractivity contribution >= 4 is 5.97 Å². The molecule has 0 aromatic heterocycles. The van der Waals surface area contributed by atoms with Gasteiger partial charge in [0, 0.05) is 6.42 Å². The second kappa shape index (κ2) is 16.3. The van der Waals surface area contributed by atoms with E-state index in [4.69, 9.17) is 0 Å². The van der Waals surface area contributed by atoms with E-state index >= 15 is 0 Å². The third-order valence-electron chi connectivity index (χ3n) is 4.48. The van der Waals surface area contributed by atoms with Gasteiger partial charge >= 0.3 is 5.97 Å². The molecule has 148 valence electrons. The van der Waals surface area contributed by atoms with Crippen LogP contribution in [0.2, 0.25) is 0 Å². The van der Waals surface area contributed by atoms with Crippen LogP contribution in [0, 0.1) is 11.1 Å². The number of rotatable bonds is 16. The summed E-state index contributed by atoms with van der Waals surface area (Å²) in [6.07, 6.45) is 15.2. The van der Waals surface area contributed by atoms with Crippen LogP contribution >= 0.6 is 0 Å². The van der Waals surface area contributed by atoms with Gasteiger partial charge in [0.2, 0.25) is 6.04 Å². The molecule has 0 aliphatic rings. The summed E-state index contributed by atoms with van der Waals surface area (Å²) in [5.41, 5.74) is 0. The molecular weight excluding hydrogens is 316 g/mol. The summed E-state index contributed by atoms with van der Waals surface area (Å²) in [6.45, 7) is 6.53. The molecule has 0 saturated carbocycles. The molecule has 5 heteroatoms. The summed E-state index contributed by atoms with van der Waals surface area (Å²) in [7, 11) is 1.30. The molecular formula is C20H40N2O3. The second-order valence-electron chi connectivity index (χ2n) is 7.46.